The maximum absolute atomic E-state index is 13.6. The van der Waals surface area contributed by atoms with Crippen LogP contribution in [0, 0.1) is 34.5 Å². The summed E-state index contributed by atoms with van der Waals surface area (Å²) in [5.41, 5.74) is -0.556. The summed E-state index contributed by atoms with van der Waals surface area (Å²) in [7, 11) is 1.30. The number of ketones is 2. The number of fused-ring (bicyclic) bond motifs is 6. The van der Waals surface area contributed by atoms with Gasteiger partial charge in [0.05, 0.1) is 6.10 Å². The zero-order chi connectivity index (χ0) is 23.8. The molecule has 5 rings (SSSR count). The first-order valence-corrected chi connectivity index (χ1v) is 12.1. The zero-order valence-electron chi connectivity index (χ0n) is 19.5. The molecule has 33 heavy (non-hydrogen) atoms. The molecule has 4 aliphatic carbocycles. The summed E-state index contributed by atoms with van der Waals surface area (Å²) in [6, 6.07) is 0. The van der Waals surface area contributed by atoms with Crippen LogP contribution in [0.25, 0.3) is 0 Å². The zero-order valence-corrected chi connectivity index (χ0v) is 19.5. The molecule has 0 aromatic rings. The molecule has 1 heterocycles. The van der Waals surface area contributed by atoms with E-state index in [0.717, 1.165) is 18.4 Å². The highest BCUT2D eigenvalue weighted by Gasteiger charge is 2.71. The number of aliphatic hydroxyl groups is 1. The van der Waals surface area contributed by atoms with Crippen LogP contribution in [0.15, 0.2) is 11.6 Å². The minimum Gasteiger partial charge on any atom is -0.458 e. The van der Waals surface area contributed by atoms with Crippen LogP contribution in [0.3, 0.4) is 0 Å². The molecular formula is C25H34O8. The van der Waals surface area contributed by atoms with Crippen molar-refractivity contribution in [3.05, 3.63) is 11.6 Å². The minimum absolute atomic E-state index is 0.0432. The van der Waals surface area contributed by atoms with Crippen molar-refractivity contribution in [2.45, 2.75) is 83.2 Å². The van der Waals surface area contributed by atoms with E-state index >= 15 is 0 Å². The molecule has 0 radical (unpaired) electrons. The normalized spacial score (nSPS) is 47.4. The standard InChI is InChI=1S/C25H34O8/c1-23-7-4-14(26)10-13(23)11-15(21(29)22(31-3)33-30)19-16-5-8-25(9-6-18(28)32-25)24(16,2)12-17(27)20(19)23/h10,15-17,19-20,22,27,30H,4-9,11-12H2,1-3H3/t15-,16+,17-,19+,20+,22?,23+,24+,25-/m1/s1. The molecule has 0 aromatic carbocycles. The minimum atomic E-state index is -1.43. The van der Waals surface area contributed by atoms with Crippen molar-refractivity contribution in [1.82, 2.24) is 0 Å². The lowest BCUT2D eigenvalue weighted by Crippen LogP contribution is -2.63. The first-order valence-electron chi connectivity index (χ1n) is 12.1. The van der Waals surface area contributed by atoms with Crippen LogP contribution in [0.1, 0.15) is 65.2 Å². The van der Waals surface area contributed by atoms with Gasteiger partial charge in [-0.25, -0.2) is 5.26 Å². The second kappa shape index (κ2) is 7.70. The highest BCUT2D eigenvalue weighted by atomic mass is 17.1. The number of methoxy groups -OCH3 is 1. The van der Waals surface area contributed by atoms with E-state index in [1.807, 2.05) is 0 Å². The molecule has 1 aliphatic heterocycles. The molecule has 5 aliphatic rings. The van der Waals surface area contributed by atoms with Gasteiger partial charge in [0.15, 0.2) is 11.6 Å². The average Bonchev–Trinajstić information content (AvgIpc) is 3.28. The molecule has 0 bridgehead atoms. The van der Waals surface area contributed by atoms with E-state index in [2.05, 4.69) is 18.7 Å². The van der Waals surface area contributed by atoms with Gasteiger partial charge in [0.25, 0.3) is 0 Å². The lowest BCUT2D eigenvalue weighted by atomic mass is 9.43. The van der Waals surface area contributed by atoms with Gasteiger partial charge in [-0.3, -0.25) is 14.4 Å². The lowest BCUT2D eigenvalue weighted by molar-refractivity contribution is -0.328. The molecule has 9 atom stereocenters. The number of aliphatic hydroxyl groups excluding tert-OH is 1. The average molecular weight is 463 g/mol. The molecule has 4 fully saturated rings. The summed E-state index contributed by atoms with van der Waals surface area (Å²) in [5.74, 6) is -1.48. The Balaban J connectivity index is 1.62. The number of rotatable bonds is 4. The van der Waals surface area contributed by atoms with Gasteiger partial charge in [-0.2, -0.15) is 4.89 Å². The Labute approximate surface area is 193 Å². The van der Waals surface area contributed by atoms with E-state index < -0.39 is 29.3 Å². The summed E-state index contributed by atoms with van der Waals surface area (Å²) >= 11 is 0. The van der Waals surface area contributed by atoms with Crippen molar-refractivity contribution >= 4 is 17.5 Å². The van der Waals surface area contributed by atoms with Gasteiger partial charge >= 0.3 is 5.97 Å². The number of carbonyl (C=O) groups is 3. The van der Waals surface area contributed by atoms with E-state index in [0.29, 0.717) is 38.5 Å². The number of esters is 1. The van der Waals surface area contributed by atoms with Crippen molar-refractivity contribution in [3.8, 4) is 0 Å². The number of ether oxygens (including phenoxy) is 2. The van der Waals surface area contributed by atoms with Crippen molar-refractivity contribution in [1.29, 1.82) is 0 Å². The van der Waals surface area contributed by atoms with Gasteiger partial charge in [-0.15, -0.1) is 0 Å². The molecule has 1 unspecified atom stereocenters. The third-order valence-corrected chi connectivity index (χ3v) is 10.2. The van der Waals surface area contributed by atoms with Crippen molar-refractivity contribution in [2.24, 2.45) is 34.5 Å². The van der Waals surface area contributed by atoms with Gasteiger partial charge in [0.2, 0.25) is 6.29 Å². The molecule has 3 saturated carbocycles. The van der Waals surface area contributed by atoms with Gasteiger partial charge < -0.3 is 14.6 Å². The van der Waals surface area contributed by atoms with Crippen LogP contribution in [-0.2, 0) is 28.7 Å². The van der Waals surface area contributed by atoms with Gasteiger partial charge in [0, 0.05) is 31.3 Å². The summed E-state index contributed by atoms with van der Waals surface area (Å²) in [5, 5.41) is 21.0. The molecular weight excluding hydrogens is 428 g/mol. The summed E-state index contributed by atoms with van der Waals surface area (Å²) in [4.78, 5) is 42.4. The fourth-order valence-electron chi connectivity index (χ4n) is 8.63. The Bertz CT molecular complexity index is 908. The van der Waals surface area contributed by atoms with Gasteiger partial charge in [-0.05, 0) is 67.8 Å². The van der Waals surface area contributed by atoms with Gasteiger partial charge in [-0.1, -0.05) is 19.4 Å². The third-order valence-electron chi connectivity index (χ3n) is 10.2. The molecule has 1 spiro atoms. The van der Waals surface area contributed by atoms with Crippen molar-refractivity contribution in [2.75, 3.05) is 7.11 Å². The quantitative estimate of drug-likeness (QED) is 0.283. The first kappa shape index (κ1) is 23.1. The largest absolute Gasteiger partial charge is 0.458 e. The number of hydrogen-bond acceptors (Lipinski definition) is 8. The molecule has 182 valence electrons. The van der Waals surface area contributed by atoms with Crippen molar-refractivity contribution < 1.29 is 39.1 Å². The maximum atomic E-state index is 13.6. The monoisotopic (exact) mass is 462 g/mol. The van der Waals surface area contributed by atoms with Crippen LogP contribution in [0.5, 0.6) is 0 Å². The second-order valence-electron chi connectivity index (χ2n) is 11.3. The maximum Gasteiger partial charge on any atom is 0.306 e. The van der Waals surface area contributed by atoms with E-state index in [1.54, 1.807) is 6.08 Å². The fraction of sp³-hybridized carbons (Fsp3) is 0.800. The highest BCUT2D eigenvalue weighted by Crippen LogP contribution is 2.70. The number of Topliss-reactive ketones (excluding diaryl/α,β-unsaturated/α-hetero) is 1. The predicted molar refractivity (Wildman–Crippen MR) is 115 cm³/mol. The van der Waals surface area contributed by atoms with Crippen LogP contribution in [0.4, 0.5) is 0 Å². The lowest BCUT2D eigenvalue weighted by Gasteiger charge is -2.62. The van der Waals surface area contributed by atoms with E-state index in [4.69, 9.17) is 9.47 Å². The predicted octanol–water partition coefficient (Wildman–Crippen LogP) is 2.82. The topological polar surface area (TPSA) is 119 Å². The van der Waals surface area contributed by atoms with Crippen LogP contribution >= 0.6 is 0 Å². The fourth-order valence-corrected chi connectivity index (χ4v) is 8.63. The number of allylic oxidation sites excluding steroid dienone is 1. The number of carbonyl (C=O) groups excluding carboxylic acids is 3. The molecule has 8 heteroatoms. The molecule has 0 aromatic heterocycles. The van der Waals surface area contributed by atoms with Crippen LogP contribution in [0.2, 0.25) is 0 Å². The van der Waals surface area contributed by atoms with E-state index in [1.165, 1.54) is 7.11 Å². The Morgan fingerprint density at radius 2 is 1.97 bits per heavy atom. The number of hydrogen-bond donors (Lipinski definition) is 2. The van der Waals surface area contributed by atoms with E-state index in [-0.39, 0.29) is 40.7 Å². The Morgan fingerprint density at radius 1 is 1.21 bits per heavy atom. The second-order valence-corrected chi connectivity index (χ2v) is 11.3. The SMILES string of the molecule is COC(OO)C(=O)[C@@H]1CC2=CC(=O)CC[C@]2(C)[C@@H]2[C@@H]1[C@@H]1CC[C@@]3(CCC(=O)O3)[C@@]1(C)C[C@H]2O. The summed E-state index contributed by atoms with van der Waals surface area (Å²) in [6.45, 7) is 4.23. The van der Waals surface area contributed by atoms with Crippen molar-refractivity contribution in [3.63, 3.8) is 0 Å². The van der Waals surface area contributed by atoms with E-state index in [9.17, 15) is 24.7 Å². The third kappa shape index (κ3) is 3.07. The summed E-state index contributed by atoms with van der Waals surface area (Å²) < 4.78 is 11.1. The molecule has 0 amide bonds. The first-order chi connectivity index (χ1) is 15.6. The highest BCUT2D eigenvalue weighted by molar-refractivity contribution is 5.92. The Hall–Kier alpha value is -1.61. The molecule has 8 nitrogen and oxygen atoms in total. The smallest absolute Gasteiger partial charge is 0.306 e. The molecule has 2 N–H and O–H groups in total. The Kier molecular flexibility index (Phi) is 5.40. The van der Waals surface area contributed by atoms with Crippen LogP contribution in [-0.4, -0.2) is 53.0 Å². The Morgan fingerprint density at radius 3 is 2.61 bits per heavy atom. The van der Waals surface area contributed by atoms with Gasteiger partial charge in [0.1, 0.15) is 5.60 Å². The molecule has 1 saturated heterocycles. The summed E-state index contributed by atoms with van der Waals surface area (Å²) in [6.07, 6.45) is 4.01. The van der Waals surface area contributed by atoms with Crippen LogP contribution < -0.4 is 0 Å².